The van der Waals surface area contributed by atoms with Gasteiger partial charge in [0, 0.05) is 23.4 Å². The van der Waals surface area contributed by atoms with Crippen LogP contribution in [0.2, 0.25) is 0 Å². The summed E-state index contributed by atoms with van der Waals surface area (Å²) in [4.78, 5) is 38.9. The number of nitrogens with zero attached hydrogens (tertiary/aromatic N) is 1. The van der Waals surface area contributed by atoms with Gasteiger partial charge in [-0.1, -0.05) is 62.4 Å². The summed E-state index contributed by atoms with van der Waals surface area (Å²) in [6.45, 7) is 3.45. The number of rotatable bonds is 6. The third kappa shape index (κ3) is 5.02. The minimum absolute atomic E-state index is 0.0288. The van der Waals surface area contributed by atoms with Crippen LogP contribution in [0.3, 0.4) is 0 Å². The zero-order chi connectivity index (χ0) is 28.8. The van der Waals surface area contributed by atoms with Crippen molar-refractivity contribution in [2.24, 2.45) is 5.92 Å². The topological polar surface area (TPSA) is 86.7 Å². The number of benzene rings is 4. The van der Waals surface area contributed by atoms with Gasteiger partial charge in [-0.3, -0.25) is 9.59 Å². The minimum Gasteiger partial charge on any atom is -0.480 e. The Morgan fingerprint density at radius 1 is 0.900 bits per heavy atom. The number of halogens is 3. The SMILES string of the molecule is CC(C)C(C(=O)O)N1Cc2ccc(-c3ccc(NC(=O)c4ccc5ccccc5c4)cc3C(F)(F)F)cc2C1=O. The second-order valence-corrected chi connectivity index (χ2v) is 10.1. The number of hydrogen-bond donors (Lipinski definition) is 2. The van der Waals surface area contributed by atoms with Crippen LogP contribution in [0.25, 0.3) is 21.9 Å². The molecule has 4 aromatic rings. The fourth-order valence-corrected chi connectivity index (χ4v) is 5.14. The summed E-state index contributed by atoms with van der Waals surface area (Å²) in [7, 11) is 0. The molecule has 2 N–H and O–H groups in total. The summed E-state index contributed by atoms with van der Waals surface area (Å²) in [6.07, 6.45) is -4.75. The maximum Gasteiger partial charge on any atom is 0.417 e. The second kappa shape index (κ2) is 10.1. The van der Waals surface area contributed by atoms with E-state index < -0.39 is 35.6 Å². The lowest BCUT2D eigenvalue weighted by Gasteiger charge is -2.27. The quantitative estimate of drug-likeness (QED) is 0.277. The van der Waals surface area contributed by atoms with Crippen molar-refractivity contribution in [3.63, 3.8) is 0 Å². The van der Waals surface area contributed by atoms with Crippen LogP contribution in [0.1, 0.15) is 45.7 Å². The Labute approximate surface area is 228 Å². The van der Waals surface area contributed by atoms with Gasteiger partial charge in [0.1, 0.15) is 6.04 Å². The molecule has 1 aliphatic heterocycles. The molecule has 0 bridgehead atoms. The highest BCUT2D eigenvalue weighted by Gasteiger charge is 2.39. The molecule has 0 saturated heterocycles. The Bertz CT molecular complexity index is 1660. The van der Waals surface area contributed by atoms with Gasteiger partial charge in [0.25, 0.3) is 11.8 Å². The predicted octanol–water partition coefficient (Wildman–Crippen LogP) is 6.84. The predicted molar refractivity (Wildman–Crippen MR) is 145 cm³/mol. The van der Waals surface area contributed by atoms with Crippen LogP contribution in [0.4, 0.5) is 18.9 Å². The van der Waals surface area contributed by atoms with E-state index in [0.717, 1.165) is 16.8 Å². The lowest BCUT2D eigenvalue weighted by molar-refractivity contribution is -0.144. The fourth-order valence-electron chi connectivity index (χ4n) is 5.14. The Hall–Kier alpha value is -4.66. The van der Waals surface area contributed by atoms with Crippen molar-refractivity contribution in [2.45, 2.75) is 32.6 Å². The van der Waals surface area contributed by atoms with E-state index >= 15 is 0 Å². The summed E-state index contributed by atoms with van der Waals surface area (Å²) < 4.78 is 42.6. The molecule has 0 aliphatic carbocycles. The largest absolute Gasteiger partial charge is 0.480 e. The van der Waals surface area contributed by atoms with Gasteiger partial charge < -0.3 is 15.3 Å². The van der Waals surface area contributed by atoms with Crippen LogP contribution in [-0.4, -0.2) is 33.8 Å². The van der Waals surface area contributed by atoms with E-state index in [1.807, 2.05) is 24.3 Å². The summed E-state index contributed by atoms with van der Waals surface area (Å²) >= 11 is 0. The van der Waals surface area contributed by atoms with Gasteiger partial charge in [-0.05, 0) is 63.7 Å². The number of nitrogens with one attached hydrogen (secondary N) is 1. The molecular weight excluding hydrogens is 521 g/mol. The molecule has 1 atom stereocenters. The third-order valence-electron chi connectivity index (χ3n) is 7.07. The average Bonchev–Trinajstić information content (AvgIpc) is 3.22. The van der Waals surface area contributed by atoms with Crippen LogP contribution >= 0.6 is 0 Å². The minimum atomic E-state index is -4.75. The first kappa shape index (κ1) is 26.9. The first-order chi connectivity index (χ1) is 18.9. The first-order valence-corrected chi connectivity index (χ1v) is 12.6. The van der Waals surface area contributed by atoms with Gasteiger partial charge in [0.15, 0.2) is 0 Å². The van der Waals surface area contributed by atoms with Crippen molar-refractivity contribution in [1.82, 2.24) is 4.90 Å². The van der Waals surface area contributed by atoms with Crippen molar-refractivity contribution in [1.29, 1.82) is 0 Å². The van der Waals surface area contributed by atoms with Crippen molar-refractivity contribution >= 4 is 34.2 Å². The number of carbonyl (C=O) groups excluding carboxylic acids is 2. The molecule has 2 amide bonds. The van der Waals surface area contributed by atoms with Gasteiger partial charge in [0.05, 0.1) is 5.56 Å². The maximum absolute atomic E-state index is 14.2. The molecule has 4 aromatic carbocycles. The number of carboxylic acids is 1. The Morgan fingerprint density at radius 3 is 2.30 bits per heavy atom. The second-order valence-electron chi connectivity index (χ2n) is 10.1. The molecule has 40 heavy (non-hydrogen) atoms. The summed E-state index contributed by atoms with van der Waals surface area (Å²) in [5.74, 6) is -2.58. The Kier molecular flexibility index (Phi) is 6.83. The molecule has 1 unspecified atom stereocenters. The normalized spacial score (nSPS) is 13.9. The number of amides is 2. The van der Waals surface area contributed by atoms with E-state index in [0.29, 0.717) is 11.1 Å². The maximum atomic E-state index is 14.2. The number of carbonyl (C=O) groups is 3. The molecule has 204 valence electrons. The lowest BCUT2D eigenvalue weighted by Crippen LogP contribution is -2.44. The van der Waals surface area contributed by atoms with Gasteiger partial charge >= 0.3 is 12.1 Å². The number of anilines is 1. The summed E-state index contributed by atoms with van der Waals surface area (Å²) in [5, 5.41) is 13.9. The van der Waals surface area contributed by atoms with Crippen molar-refractivity contribution in [2.75, 3.05) is 5.32 Å². The van der Waals surface area contributed by atoms with Crippen LogP contribution in [0, 0.1) is 5.92 Å². The molecule has 6 nitrogen and oxygen atoms in total. The third-order valence-corrected chi connectivity index (χ3v) is 7.07. The van der Waals surface area contributed by atoms with Crippen LogP contribution in [0.15, 0.2) is 78.9 Å². The highest BCUT2D eigenvalue weighted by molar-refractivity contribution is 6.06. The Morgan fingerprint density at radius 2 is 1.62 bits per heavy atom. The molecule has 0 aromatic heterocycles. The smallest absolute Gasteiger partial charge is 0.417 e. The van der Waals surface area contributed by atoms with E-state index in [4.69, 9.17) is 0 Å². The number of fused-ring (bicyclic) bond motifs is 2. The molecule has 9 heteroatoms. The zero-order valence-electron chi connectivity index (χ0n) is 21.6. The van der Waals surface area contributed by atoms with Crippen molar-refractivity contribution < 1.29 is 32.7 Å². The summed E-state index contributed by atoms with van der Waals surface area (Å²) in [6, 6.07) is 19.3. The van der Waals surface area contributed by atoms with Crippen LogP contribution < -0.4 is 5.32 Å². The fraction of sp³-hybridized carbons (Fsp3) is 0.194. The number of hydrogen-bond acceptors (Lipinski definition) is 3. The zero-order valence-corrected chi connectivity index (χ0v) is 21.6. The van der Waals surface area contributed by atoms with E-state index in [1.54, 1.807) is 38.1 Å². The monoisotopic (exact) mass is 546 g/mol. The van der Waals surface area contributed by atoms with E-state index in [9.17, 15) is 32.7 Å². The van der Waals surface area contributed by atoms with Crippen LogP contribution in [0.5, 0.6) is 0 Å². The average molecular weight is 547 g/mol. The lowest BCUT2D eigenvalue weighted by atomic mass is 9.95. The molecule has 0 spiro atoms. The van der Waals surface area contributed by atoms with Gasteiger partial charge in [-0.15, -0.1) is 0 Å². The molecule has 5 rings (SSSR count). The van der Waals surface area contributed by atoms with E-state index in [1.165, 1.54) is 29.2 Å². The standard InChI is InChI=1S/C31H25F3N2O4/c1-17(2)27(30(39)40)36-16-22-10-8-20(14-25(22)29(36)38)24-12-11-23(15-26(24)31(32,33)34)35-28(37)21-9-7-18-5-3-4-6-19(18)13-21/h3-15,17,27H,16H2,1-2H3,(H,35,37)(H,39,40). The van der Waals surface area contributed by atoms with Crippen molar-refractivity contribution in [3.8, 4) is 11.1 Å². The highest BCUT2D eigenvalue weighted by atomic mass is 19.4. The molecule has 1 aliphatic rings. The summed E-state index contributed by atoms with van der Waals surface area (Å²) in [5.41, 5.74) is 0.0170. The van der Waals surface area contributed by atoms with Gasteiger partial charge in [0.2, 0.25) is 0 Å². The number of carboxylic acid groups (broad SMARTS) is 1. The van der Waals surface area contributed by atoms with E-state index in [-0.39, 0.29) is 34.8 Å². The molecule has 0 saturated carbocycles. The molecular formula is C31H25F3N2O4. The molecule has 1 heterocycles. The highest BCUT2D eigenvalue weighted by Crippen LogP contribution is 2.40. The van der Waals surface area contributed by atoms with E-state index in [2.05, 4.69) is 5.32 Å². The van der Waals surface area contributed by atoms with Crippen LogP contribution in [-0.2, 0) is 17.5 Å². The molecule has 0 fully saturated rings. The number of alkyl halides is 3. The van der Waals surface area contributed by atoms with Crippen molar-refractivity contribution in [3.05, 3.63) is 101 Å². The number of aliphatic carboxylic acids is 1. The first-order valence-electron chi connectivity index (χ1n) is 12.6. The van der Waals surface area contributed by atoms with Gasteiger partial charge in [-0.25, -0.2) is 4.79 Å². The molecule has 0 radical (unpaired) electrons. The Balaban J connectivity index is 1.46. The van der Waals surface area contributed by atoms with Gasteiger partial charge in [-0.2, -0.15) is 13.2 Å².